The van der Waals surface area contributed by atoms with E-state index in [1.54, 1.807) is 0 Å². The summed E-state index contributed by atoms with van der Waals surface area (Å²) in [5.41, 5.74) is 3.06. The minimum atomic E-state index is 0. The molecule has 1 aliphatic rings. The first kappa shape index (κ1) is 25.0. The summed E-state index contributed by atoms with van der Waals surface area (Å²) in [7, 11) is 0. The van der Waals surface area contributed by atoms with Crippen molar-refractivity contribution < 1.29 is 4.79 Å². The van der Waals surface area contributed by atoms with E-state index >= 15 is 0 Å². The van der Waals surface area contributed by atoms with E-state index in [0.717, 1.165) is 49.3 Å². The molecule has 1 atom stereocenters. The average molecular weight is 404 g/mol. The van der Waals surface area contributed by atoms with Crippen LogP contribution in [0.5, 0.6) is 0 Å². The molecular weight excluding hydrogens is 369 g/mol. The van der Waals surface area contributed by atoms with Gasteiger partial charge in [-0.15, -0.1) is 24.8 Å². The normalized spacial score (nSPS) is 16.8. The van der Waals surface area contributed by atoms with Crippen molar-refractivity contribution in [1.29, 1.82) is 0 Å². The summed E-state index contributed by atoms with van der Waals surface area (Å²) >= 11 is 0. The van der Waals surface area contributed by atoms with Crippen molar-refractivity contribution in [2.24, 2.45) is 11.3 Å². The molecule has 150 valence electrons. The first-order valence-electron chi connectivity index (χ1n) is 9.17. The molecule has 1 unspecified atom stereocenters. The zero-order valence-corrected chi connectivity index (χ0v) is 18.3. The molecule has 4 nitrogen and oxygen atoms in total. The number of nitrogens with one attached hydrogen (secondary N) is 3. The maximum absolute atomic E-state index is 12.7. The van der Waals surface area contributed by atoms with Crippen LogP contribution in [0.15, 0.2) is 18.2 Å². The molecule has 0 aromatic heterocycles. The van der Waals surface area contributed by atoms with Gasteiger partial charge in [0.15, 0.2) is 0 Å². The SMILES string of the molecule is Cc1c(NC(C)C(C)C)cccc1C(=O)NCC1(C)CCNCC1.Cl.Cl. The van der Waals surface area contributed by atoms with Crippen LogP contribution in [-0.2, 0) is 0 Å². The summed E-state index contributed by atoms with van der Waals surface area (Å²) in [5.74, 6) is 0.579. The van der Waals surface area contributed by atoms with E-state index in [1.165, 1.54) is 0 Å². The van der Waals surface area contributed by atoms with Gasteiger partial charge in [0.05, 0.1) is 0 Å². The van der Waals surface area contributed by atoms with Crippen molar-refractivity contribution in [2.75, 3.05) is 25.0 Å². The molecule has 1 aromatic rings. The molecule has 1 amide bonds. The second-order valence-corrected chi connectivity index (χ2v) is 7.90. The number of amides is 1. The van der Waals surface area contributed by atoms with Crippen LogP contribution in [0.25, 0.3) is 0 Å². The van der Waals surface area contributed by atoms with Crippen molar-refractivity contribution in [3.05, 3.63) is 29.3 Å². The number of hydrogen-bond acceptors (Lipinski definition) is 3. The zero-order valence-electron chi connectivity index (χ0n) is 16.6. The monoisotopic (exact) mass is 403 g/mol. The third-order valence-corrected chi connectivity index (χ3v) is 5.45. The van der Waals surface area contributed by atoms with Gasteiger partial charge in [-0.25, -0.2) is 0 Å². The Morgan fingerprint density at radius 1 is 1.19 bits per heavy atom. The minimum absolute atomic E-state index is 0. The van der Waals surface area contributed by atoms with Gasteiger partial charge in [0.2, 0.25) is 0 Å². The number of benzene rings is 1. The van der Waals surface area contributed by atoms with E-state index in [4.69, 9.17) is 0 Å². The lowest BCUT2D eigenvalue weighted by molar-refractivity contribution is 0.0921. The zero-order chi connectivity index (χ0) is 17.7. The third kappa shape index (κ3) is 6.64. The minimum Gasteiger partial charge on any atom is -0.382 e. The summed E-state index contributed by atoms with van der Waals surface area (Å²) < 4.78 is 0. The lowest BCUT2D eigenvalue weighted by atomic mass is 9.81. The van der Waals surface area contributed by atoms with Crippen LogP contribution in [0.4, 0.5) is 5.69 Å². The largest absolute Gasteiger partial charge is 0.382 e. The van der Waals surface area contributed by atoms with Gasteiger partial charge >= 0.3 is 0 Å². The molecule has 0 aliphatic carbocycles. The van der Waals surface area contributed by atoms with Crippen LogP contribution in [0.3, 0.4) is 0 Å². The Morgan fingerprint density at radius 3 is 2.38 bits per heavy atom. The number of piperidine rings is 1. The molecule has 1 aromatic carbocycles. The van der Waals surface area contributed by atoms with E-state index in [0.29, 0.717) is 12.0 Å². The van der Waals surface area contributed by atoms with Gasteiger partial charge in [-0.3, -0.25) is 4.79 Å². The number of rotatable bonds is 6. The Kier molecular flexibility index (Phi) is 10.6. The summed E-state index contributed by atoms with van der Waals surface area (Å²) in [4.78, 5) is 12.7. The standard InChI is InChI=1S/C20H33N3O.2ClH/c1-14(2)16(4)23-18-8-6-7-17(15(18)3)19(24)22-13-20(5)9-11-21-12-10-20;;/h6-8,14,16,21,23H,9-13H2,1-5H3,(H,22,24);2*1H. The average Bonchev–Trinajstić information content (AvgIpc) is 2.55. The van der Waals surface area contributed by atoms with Gasteiger partial charge in [-0.05, 0) is 68.8 Å². The molecule has 1 heterocycles. The molecule has 0 saturated carbocycles. The number of halogens is 2. The molecule has 26 heavy (non-hydrogen) atoms. The summed E-state index contributed by atoms with van der Waals surface area (Å²) in [6, 6.07) is 6.30. The highest BCUT2D eigenvalue weighted by Crippen LogP contribution is 2.27. The fraction of sp³-hybridized carbons (Fsp3) is 0.650. The molecular formula is C20H35Cl2N3O. The van der Waals surface area contributed by atoms with Crippen LogP contribution in [0.2, 0.25) is 0 Å². The van der Waals surface area contributed by atoms with Gasteiger partial charge in [-0.1, -0.05) is 26.8 Å². The molecule has 3 N–H and O–H groups in total. The molecule has 0 spiro atoms. The topological polar surface area (TPSA) is 53.2 Å². The van der Waals surface area contributed by atoms with E-state index < -0.39 is 0 Å². The molecule has 2 rings (SSSR count). The Hall–Kier alpha value is -0.970. The highest BCUT2D eigenvalue weighted by atomic mass is 35.5. The van der Waals surface area contributed by atoms with Crippen molar-refractivity contribution in [1.82, 2.24) is 10.6 Å². The number of anilines is 1. The van der Waals surface area contributed by atoms with Gasteiger partial charge < -0.3 is 16.0 Å². The third-order valence-electron chi connectivity index (χ3n) is 5.45. The van der Waals surface area contributed by atoms with Gasteiger partial charge in [0.25, 0.3) is 5.91 Å². The van der Waals surface area contributed by atoms with Crippen molar-refractivity contribution in [2.45, 2.75) is 53.5 Å². The number of carbonyl (C=O) groups is 1. The van der Waals surface area contributed by atoms with E-state index in [2.05, 4.69) is 49.7 Å². The first-order chi connectivity index (χ1) is 11.3. The van der Waals surface area contributed by atoms with E-state index in [9.17, 15) is 4.79 Å². The molecule has 0 bridgehead atoms. The van der Waals surface area contributed by atoms with Crippen LogP contribution in [-0.4, -0.2) is 31.6 Å². The lowest BCUT2D eigenvalue weighted by Gasteiger charge is -2.34. The van der Waals surface area contributed by atoms with Gasteiger partial charge in [0.1, 0.15) is 0 Å². The highest BCUT2D eigenvalue weighted by molar-refractivity contribution is 5.97. The van der Waals surface area contributed by atoms with Crippen molar-refractivity contribution in [3.63, 3.8) is 0 Å². The Labute approximate surface area is 171 Å². The maximum Gasteiger partial charge on any atom is 0.251 e. The maximum atomic E-state index is 12.7. The van der Waals surface area contributed by atoms with E-state index in [-0.39, 0.29) is 36.1 Å². The van der Waals surface area contributed by atoms with Crippen LogP contribution >= 0.6 is 24.8 Å². The van der Waals surface area contributed by atoms with Crippen molar-refractivity contribution in [3.8, 4) is 0 Å². The quantitative estimate of drug-likeness (QED) is 0.658. The second-order valence-electron chi connectivity index (χ2n) is 7.90. The summed E-state index contributed by atoms with van der Waals surface area (Å²) in [6.07, 6.45) is 2.22. The lowest BCUT2D eigenvalue weighted by Crippen LogP contribution is -2.43. The molecule has 1 fully saturated rings. The first-order valence-corrected chi connectivity index (χ1v) is 9.17. The molecule has 1 aliphatic heterocycles. The van der Waals surface area contributed by atoms with Crippen LogP contribution in [0, 0.1) is 18.3 Å². The van der Waals surface area contributed by atoms with Gasteiger partial charge in [-0.2, -0.15) is 0 Å². The Bertz CT molecular complexity index is 572. The number of carbonyl (C=O) groups excluding carboxylic acids is 1. The fourth-order valence-electron chi connectivity index (χ4n) is 3.05. The molecule has 6 heteroatoms. The van der Waals surface area contributed by atoms with Crippen LogP contribution in [0.1, 0.15) is 56.5 Å². The smallest absolute Gasteiger partial charge is 0.251 e. The van der Waals surface area contributed by atoms with Gasteiger partial charge in [0, 0.05) is 23.8 Å². The van der Waals surface area contributed by atoms with Crippen LogP contribution < -0.4 is 16.0 Å². The van der Waals surface area contributed by atoms with E-state index in [1.807, 2.05) is 19.1 Å². The Balaban J connectivity index is 0.00000312. The Morgan fingerprint density at radius 2 is 1.81 bits per heavy atom. The molecule has 1 saturated heterocycles. The number of hydrogen-bond donors (Lipinski definition) is 3. The predicted octanol–water partition coefficient (Wildman–Crippen LogP) is 4.41. The summed E-state index contributed by atoms with van der Waals surface area (Å²) in [6.45, 7) is 13.7. The molecule has 0 radical (unpaired) electrons. The summed E-state index contributed by atoms with van der Waals surface area (Å²) in [5, 5.41) is 10.1. The second kappa shape index (κ2) is 11.0. The highest BCUT2D eigenvalue weighted by Gasteiger charge is 2.27. The fourth-order valence-corrected chi connectivity index (χ4v) is 3.05. The predicted molar refractivity (Wildman–Crippen MR) is 116 cm³/mol. The van der Waals surface area contributed by atoms with Crippen molar-refractivity contribution >= 4 is 36.4 Å².